The molecule has 1 aliphatic heterocycles. The van der Waals surface area contributed by atoms with E-state index in [2.05, 4.69) is 20.8 Å². The standard InChI is InChI=1S/C17H13N5O3S/c23-14-12(10-19-21-15(24)13-8-4-5-9-18-13)16(25)22(17(26)20-14)11-6-2-1-3-7-11/h1-10,12H,(H,21,24)(H,20,23,26). The van der Waals surface area contributed by atoms with Crippen LogP contribution < -0.4 is 15.6 Å². The number of pyridine rings is 1. The summed E-state index contributed by atoms with van der Waals surface area (Å²) in [5, 5.41) is 6.16. The molecule has 3 amide bonds. The fourth-order valence-corrected chi connectivity index (χ4v) is 2.56. The van der Waals surface area contributed by atoms with Gasteiger partial charge in [-0.3, -0.25) is 24.3 Å². The molecule has 8 nitrogen and oxygen atoms in total. The Hall–Kier alpha value is -3.46. The van der Waals surface area contributed by atoms with Gasteiger partial charge in [0.25, 0.3) is 11.8 Å². The van der Waals surface area contributed by atoms with Gasteiger partial charge in [0, 0.05) is 12.4 Å². The number of hydrogen-bond acceptors (Lipinski definition) is 6. The number of anilines is 1. The number of nitrogens with zero attached hydrogens (tertiary/aromatic N) is 3. The lowest BCUT2D eigenvalue weighted by atomic mass is 10.1. The summed E-state index contributed by atoms with van der Waals surface area (Å²) in [7, 11) is 0. The molecule has 1 aliphatic rings. The fourth-order valence-electron chi connectivity index (χ4n) is 2.27. The molecule has 0 saturated carbocycles. The van der Waals surface area contributed by atoms with Crippen LogP contribution in [0, 0.1) is 5.92 Å². The molecule has 2 heterocycles. The SMILES string of the molecule is O=C(NN=CC1C(=O)NC(=S)N(c2ccccc2)C1=O)c1ccccn1. The van der Waals surface area contributed by atoms with Crippen LogP contribution in [0.15, 0.2) is 59.8 Å². The number of nitrogens with one attached hydrogen (secondary N) is 2. The highest BCUT2D eigenvalue weighted by Crippen LogP contribution is 2.19. The first-order chi connectivity index (χ1) is 12.6. The topological polar surface area (TPSA) is 104 Å². The van der Waals surface area contributed by atoms with E-state index in [0.717, 1.165) is 6.21 Å². The minimum atomic E-state index is -1.22. The van der Waals surface area contributed by atoms with Crippen molar-refractivity contribution in [3.8, 4) is 0 Å². The van der Waals surface area contributed by atoms with Gasteiger partial charge in [-0.25, -0.2) is 5.43 Å². The number of hydrogen-bond donors (Lipinski definition) is 2. The number of aromatic nitrogens is 1. The van der Waals surface area contributed by atoms with Gasteiger partial charge in [-0.15, -0.1) is 0 Å². The zero-order chi connectivity index (χ0) is 18.5. The summed E-state index contributed by atoms with van der Waals surface area (Å²) in [6.07, 6.45) is 2.53. The van der Waals surface area contributed by atoms with Crippen LogP contribution in [0.25, 0.3) is 0 Å². The summed E-state index contributed by atoms with van der Waals surface area (Å²) < 4.78 is 0. The molecule has 1 saturated heterocycles. The zero-order valence-corrected chi connectivity index (χ0v) is 14.1. The van der Waals surface area contributed by atoms with Crippen molar-refractivity contribution in [1.82, 2.24) is 15.7 Å². The molecule has 26 heavy (non-hydrogen) atoms. The van der Waals surface area contributed by atoms with E-state index in [9.17, 15) is 14.4 Å². The average Bonchev–Trinajstić information content (AvgIpc) is 2.65. The van der Waals surface area contributed by atoms with Crippen LogP contribution in [-0.4, -0.2) is 34.0 Å². The maximum Gasteiger partial charge on any atom is 0.289 e. The Morgan fingerprint density at radius 1 is 1.19 bits per heavy atom. The smallest absolute Gasteiger partial charge is 0.289 e. The van der Waals surface area contributed by atoms with Crippen LogP contribution in [0.1, 0.15) is 10.5 Å². The minimum Gasteiger partial charge on any atom is -0.301 e. The van der Waals surface area contributed by atoms with E-state index in [1.54, 1.807) is 42.5 Å². The molecule has 9 heteroatoms. The minimum absolute atomic E-state index is 0.00614. The Kier molecular flexibility index (Phi) is 5.09. The highest BCUT2D eigenvalue weighted by molar-refractivity contribution is 7.80. The normalized spacial score (nSPS) is 17.3. The molecule has 0 spiro atoms. The molecule has 1 unspecified atom stereocenters. The first-order valence-electron chi connectivity index (χ1n) is 7.56. The maximum atomic E-state index is 12.7. The molecule has 130 valence electrons. The third-order valence-electron chi connectivity index (χ3n) is 3.50. The van der Waals surface area contributed by atoms with Gasteiger partial charge in [-0.2, -0.15) is 5.10 Å². The van der Waals surface area contributed by atoms with Gasteiger partial charge in [0.1, 0.15) is 5.69 Å². The molecule has 1 aromatic heterocycles. The van der Waals surface area contributed by atoms with E-state index in [-0.39, 0.29) is 10.8 Å². The summed E-state index contributed by atoms with van der Waals surface area (Å²) in [6, 6.07) is 13.5. The van der Waals surface area contributed by atoms with Gasteiger partial charge >= 0.3 is 0 Å². The highest BCUT2D eigenvalue weighted by atomic mass is 32.1. The van der Waals surface area contributed by atoms with Crippen molar-refractivity contribution < 1.29 is 14.4 Å². The second kappa shape index (κ2) is 7.62. The van der Waals surface area contributed by atoms with Gasteiger partial charge in [0.05, 0.1) is 5.69 Å². The number of hydrazone groups is 1. The van der Waals surface area contributed by atoms with Gasteiger partial charge < -0.3 is 5.32 Å². The quantitative estimate of drug-likeness (QED) is 0.361. The molecule has 1 atom stereocenters. The Morgan fingerprint density at radius 2 is 1.92 bits per heavy atom. The van der Waals surface area contributed by atoms with Gasteiger partial charge in [0.2, 0.25) is 5.91 Å². The number of amides is 3. The summed E-state index contributed by atoms with van der Waals surface area (Å²) in [6.45, 7) is 0. The molecule has 3 rings (SSSR count). The number of para-hydroxylation sites is 1. The second-order valence-electron chi connectivity index (χ2n) is 5.22. The molecule has 0 bridgehead atoms. The van der Waals surface area contributed by atoms with E-state index in [4.69, 9.17) is 12.2 Å². The molecule has 0 radical (unpaired) electrons. The number of thiocarbonyl (C=S) groups is 1. The van der Waals surface area contributed by atoms with Crippen LogP contribution in [0.3, 0.4) is 0 Å². The van der Waals surface area contributed by atoms with Crippen LogP contribution in [0.5, 0.6) is 0 Å². The van der Waals surface area contributed by atoms with Crippen molar-refractivity contribution in [3.05, 3.63) is 60.4 Å². The number of rotatable bonds is 4. The Morgan fingerprint density at radius 3 is 2.62 bits per heavy atom. The molecule has 2 aromatic rings. The molecule has 0 aliphatic carbocycles. The second-order valence-corrected chi connectivity index (χ2v) is 5.60. The van der Waals surface area contributed by atoms with Crippen LogP contribution in [-0.2, 0) is 9.59 Å². The predicted molar refractivity (Wildman–Crippen MR) is 98.4 cm³/mol. The summed E-state index contributed by atoms with van der Waals surface area (Å²) in [5.41, 5.74) is 2.93. The van der Waals surface area contributed by atoms with Gasteiger partial charge in [0.15, 0.2) is 11.0 Å². The number of carbonyl (C=O) groups is 3. The first kappa shape index (κ1) is 17.4. The van der Waals surface area contributed by atoms with Crippen LogP contribution >= 0.6 is 12.2 Å². The van der Waals surface area contributed by atoms with E-state index in [1.807, 2.05) is 0 Å². The largest absolute Gasteiger partial charge is 0.301 e. The Labute approximate surface area is 153 Å². The fraction of sp³-hybridized carbons (Fsp3) is 0.0588. The third-order valence-corrected chi connectivity index (χ3v) is 3.79. The lowest BCUT2D eigenvalue weighted by Crippen LogP contribution is -2.58. The van der Waals surface area contributed by atoms with E-state index in [1.165, 1.54) is 17.2 Å². The molecule has 1 aromatic carbocycles. The Balaban J connectivity index is 1.74. The van der Waals surface area contributed by atoms with E-state index < -0.39 is 23.6 Å². The van der Waals surface area contributed by atoms with Gasteiger partial charge in [-0.1, -0.05) is 24.3 Å². The van der Waals surface area contributed by atoms with Crippen molar-refractivity contribution >= 4 is 47.0 Å². The van der Waals surface area contributed by atoms with Crippen LogP contribution in [0.4, 0.5) is 5.69 Å². The predicted octanol–water partition coefficient (Wildman–Crippen LogP) is 0.861. The van der Waals surface area contributed by atoms with Crippen molar-refractivity contribution in [2.45, 2.75) is 0 Å². The lowest BCUT2D eigenvalue weighted by molar-refractivity contribution is -0.130. The summed E-state index contributed by atoms with van der Waals surface area (Å²) in [4.78, 5) is 41.7. The summed E-state index contributed by atoms with van der Waals surface area (Å²) >= 11 is 5.08. The maximum absolute atomic E-state index is 12.7. The van der Waals surface area contributed by atoms with Gasteiger partial charge in [-0.05, 0) is 36.5 Å². The highest BCUT2D eigenvalue weighted by Gasteiger charge is 2.38. The number of carbonyl (C=O) groups excluding carboxylic acids is 3. The monoisotopic (exact) mass is 367 g/mol. The van der Waals surface area contributed by atoms with E-state index >= 15 is 0 Å². The first-order valence-corrected chi connectivity index (χ1v) is 7.97. The van der Waals surface area contributed by atoms with Crippen LogP contribution in [0.2, 0.25) is 0 Å². The lowest BCUT2D eigenvalue weighted by Gasteiger charge is -2.30. The third kappa shape index (κ3) is 3.62. The van der Waals surface area contributed by atoms with Crippen molar-refractivity contribution in [3.63, 3.8) is 0 Å². The average molecular weight is 367 g/mol. The van der Waals surface area contributed by atoms with Crippen molar-refractivity contribution in [1.29, 1.82) is 0 Å². The van der Waals surface area contributed by atoms with Crippen molar-refractivity contribution in [2.75, 3.05) is 4.90 Å². The molecule has 2 N–H and O–H groups in total. The van der Waals surface area contributed by atoms with E-state index in [0.29, 0.717) is 5.69 Å². The molecular weight excluding hydrogens is 354 g/mol. The molecule has 1 fully saturated rings. The zero-order valence-electron chi connectivity index (χ0n) is 13.3. The molecular formula is C17H13N5O3S. The summed E-state index contributed by atoms with van der Waals surface area (Å²) in [5.74, 6) is -2.93. The van der Waals surface area contributed by atoms with Crippen molar-refractivity contribution in [2.24, 2.45) is 11.0 Å². The number of benzene rings is 1. The Bertz CT molecular complexity index is 886.